The molecule has 1 aromatic heterocycles. The summed E-state index contributed by atoms with van der Waals surface area (Å²) >= 11 is 0. The smallest absolute Gasteiger partial charge is 0.183 e. The second kappa shape index (κ2) is 4.79. The van der Waals surface area contributed by atoms with Gasteiger partial charge in [0, 0.05) is 18.7 Å². The first-order chi connectivity index (χ1) is 10.3. The fourth-order valence-electron chi connectivity index (χ4n) is 3.73. The van der Waals surface area contributed by atoms with Crippen molar-refractivity contribution in [1.82, 2.24) is 9.97 Å². The van der Waals surface area contributed by atoms with Crippen LogP contribution in [0.1, 0.15) is 13.3 Å². The molecule has 3 nitrogen and oxygen atoms in total. The van der Waals surface area contributed by atoms with E-state index in [1.54, 1.807) is 0 Å². The quantitative estimate of drug-likeness (QED) is 0.864. The lowest BCUT2D eigenvalue weighted by molar-refractivity contribution is 0.581. The minimum Gasteiger partial charge on any atom is -0.353 e. The van der Waals surface area contributed by atoms with Gasteiger partial charge in [0.25, 0.3) is 0 Å². The fraction of sp³-hybridized carbons (Fsp3) is 0.412. The Balaban J connectivity index is 1.61. The van der Waals surface area contributed by atoms with E-state index in [1.165, 1.54) is 12.6 Å². The number of halogens is 1. The number of benzene rings is 1. The molecular weight excluding hydrogens is 265 g/mol. The van der Waals surface area contributed by atoms with Crippen LogP contribution in [0.4, 0.5) is 10.2 Å². The Kier molecular flexibility index (Phi) is 2.91. The summed E-state index contributed by atoms with van der Waals surface area (Å²) in [5.74, 6) is 3.07. The van der Waals surface area contributed by atoms with E-state index in [-0.39, 0.29) is 5.82 Å². The van der Waals surface area contributed by atoms with E-state index in [4.69, 9.17) is 0 Å². The number of fused-ring (bicyclic) bond motifs is 1. The van der Waals surface area contributed by atoms with Crippen molar-refractivity contribution in [2.45, 2.75) is 13.3 Å². The molecule has 2 aromatic rings. The molecule has 0 N–H and O–H groups in total. The summed E-state index contributed by atoms with van der Waals surface area (Å²) in [4.78, 5) is 10.7. The Bertz CT molecular complexity index is 646. The largest absolute Gasteiger partial charge is 0.353 e. The summed E-state index contributed by atoms with van der Waals surface area (Å²) in [7, 11) is 0. The van der Waals surface area contributed by atoms with Crippen molar-refractivity contribution in [1.29, 1.82) is 0 Å². The fourth-order valence-corrected chi connectivity index (χ4v) is 3.73. The van der Waals surface area contributed by atoms with Crippen molar-refractivity contribution in [3.63, 3.8) is 0 Å². The van der Waals surface area contributed by atoms with Crippen LogP contribution in [-0.2, 0) is 0 Å². The van der Waals surface area contributed by atoms with Crippen LogP contribution in [-0.4, -0.2) is 23.1 Å². The zero-order valence-corrected chi connectivity index (χ0v) is 12.0. The number of anilines is 1. The molecule has 2 heterocycles. The highest BCUT2D eigenvalue weighted by atomic mass is 19.1. The molecule has 1 aliphatic carbocycles. The lowest BCUT2D eigenvalue weighted by Crippen LogP contribution is -2.26. The molecule has 0 radical (unpaired) electrons. The second-order valence-electron chi connectivity index (χ2n) is 6.04. The van der Waals surface area contributed by atoms with Gasteiger partial charge in [-0.1, -0.05) is 43.7 Å². The zero-order chi connectivity index (χ0) is 14.4. The number of nitrogens with zero attached hydrogens (tertiary/aromatic N) is 3. The Morgan fingerprint density at radius 1 is 1.19 bits per heavy atom. The van der Waals surface area contributed by atoms with Gasteiger partial charge in [-0.25, -0.2) is 14.4 Å². The van der Waals surface area contributed by atoms with Crippen molar-refractivity contribution >= 4 is 5.82 Å². The van der Waals surface area contributed by atoms with Crippen molar-refractivity contribution in [2.24, 2.45) is 17.8 Å². The minimum atomic E-state index is -0.316. The number of hydrogen-bond acceptors (Lipinski definition) is 3. The highest BCUT2D eigenvalue weighted by molar-refractivity contribution is 5.57. The molecular formula is C17H18FN3. The van der Waals surface area contributed by atoms with Crippen LogP contribution < -0.4 is 4.90 Å². The molecule has 4 rings (SSSR count). The molecule has 2 aliphatic rings. The van der Waals surface area contributed by atoms with Crippen LogP contribution in [0.25, 0.3) is 11.4 Å². The van der Waals surface area contributed by atoms with Crippen LogP contribution in [0.2, 0.25) is 0 Å². The number of piperidine rings is 1. The minimum absolute atomic E-state index is 0.316. The molecule has 0 unspecified atom stereocenters. The van der Waals surface area contributed by atoms with E-state index in [2.05, 4.69) is 21.8 Å². The van der Waals surface area contributed by atoms with E-state index in [0.717, 1.165) is 36.4 Å². The van der Waals surface area contributed by atoms with Gasteiger partial charge in [-0.15, -0.1) is 0 Å². The first-order valence-electron chi connectivity index (χ1n) is 7.61. The first-order valence-corrected chi connectivity index (χ1v) is 7.61. The monoisotopic (exact) mass is 283 g/mol. The highest BCUT2D eigenvalue weighted by Crippen LogP contribution is 2.54. The molecule has 2 fully saturated rings. The third kappa shape index (κ3) is 2.09. The number of aromatic nitrogens is 2. The van der Waals surface area contributed by atoms with E-state index >= 15 is 0 Å². The second-order valence-corrected chi connectivity index (χ2v) is 6.04. The summed E-state index contributed by atoms with van der Waals surface area (Å²) in [6, 6.07) is 9.74. The third-order valence-corrected chi connectivity index (χ3v) is 4.90. The maximum atomic E-state index is 14.1. The molecule has 0 spiro atoms. The van der Waals surface area contributed by atoms with Crippen LogP contribution in [0.15, 0.2) is 36.5 Å². The molecule has 0 bridgehead atoms. The van der Waals surface area contributed by atoms with Crippen molar-refractivity contribution in [2.75, 3.05) is 18.0 Å². The van der Waals surface area contributed by atoms with Crippen LogP contribution >= 0.6 is 0 Å². The molecule has 1 saturated carbocycles. The molecule has 4 heteroatoms. The van der Waals surface area contributed by atoms with Crippen molar-refractivity contribution in [3.8, 4) is 11.4 Å². The van der Waals surface area contributed by atoms with E-state index in [1.807, 2.05) is 30.3 Å². The Morgan fingerprint density at radius 2 is 1.90 bits per heavy atom. The lowest BCUT2D eigenvalue weighted by atomic mass is 10.2. The number of hydrogen-bond donors (Lipinski definition) is 0. The average molecular weight is 283 g/mol. The average Bonchev–Trinajstić information content (AvgIpc) is 3.00. The summed E-state index contributed by atoms with van der Waals surface area (Å²) in [5.41, 5.74) is 0.926. The summed E-state index contributed by atoms with van der Waals surface area (Å²) in [5, 5.41) is 0. The number of rotatable bonds is 3. The van der Waals surface area contributed by atoms with Gasteiger partial charge in [0.1, 0.15) is 0 Å². The lowest BCUT2D eigenvalue weighted by Gasteiger charge is -2.21. The molecule has 0 amide bonds. The van der Waals surface area contributed by atoms with Gasteiger partial charge in [0.15, 0.2) is 17.5 Å². The van der Waals surface area contributed by atoms with Gasteiger partial charge < -0.3 is 4.90 Å². The van der Waals surface area contributed by atoms with Gasteiger partial charge in [0.2, 0.25) is 0 Å². The Hall–Kier alpha value is -1.97. The maximum absolute atomic E-state index is 14.1. The maximum Gasteiger partial charge on any atom is 0.183 e. The highest BCUT2D eigenvalue weighted by Gasteiger charge is 2.54. The van der Waals surface area contributed by atoms with E-state index in [9.17, 15) is 4.39 Å². The molecule has 108 valence electrons. The van der Waals surface area contributed by atoms with Gasteiger partial charge in [-0.05, 0) is 17.8 Å². The SMILES string of the molecule is CC[C@@H]1[C@H]2CN(c3nc(-c4ccccc4)ncc3F)C[C@@H]12. The molecule has 1 aromatic carbocycles. The van der Waals surface area contributed by atoms with Crippen molar-refractivity contribution < 1.29 is 4.39 Å². The Morgan fingerprint density at radius 3 is 2.57 bits per heavy atom. The predicted molar refractivity (Wildman–Crippen MR) is 80.4 cm³/mol. The predicted octanol–water partition coefficient (Wildman–Crippen LogP) is 3.37. The van der Waals surface area contributed by atoms with E-state index < -0.39 is 0 Å². The van der Waals surface area contributed by atoms with Gasteiger partial charge in [-0.2, -0.15) is 0 Å². The molecule has 21 heavy (non-hydrogen) atoms. The summed E-state index contributed by atoms with van der Waals surface area (Å²) in [6.07, 6.45) is 2.54. The van der Waals surface area contributed by atoms with Crippen molar-refractivity contribution in [3.05, 3.63) is 42.3 Å². The van der Waals surface area contributed by atoms with Gasteiger partial charge in [0.05, 0.1) is 6.20 Å². The molecule has 3 atom stereocenters. The normalized spacial score (nSPS) is 26.8. The third-order valence-electron chi connectivity index (χ3n) is 4.90. The van der Waals surface area contributed by atoms with Crippen LogP contribution in [0.3, 0.4) is 0 Å². The molecule has 1 aliphatic heterocycles. The topological polar surface area (TPSA) is 29.0 Å². The zero-order valence-electron chi connectivity index (χ0n) is 12.0. The molecule has 1 saturated heterocycles. The van der Waals surface area contributed by atoms with Crippen LogP contribution in [0.5, 0.6) is 0 Å². The Labute approximate surface area is 123 Å². The van der Waals surface area contributed by atoms with Crippen LogP contribution in [0, 0.1) is 23.6 Å². The van der Waals surface area contributed by atoms with Gasteiger partial charge >= 0.3 is 0 Å². The first kappa shape index (κ1) is 12.7. The standard InChI is InChI=1S/C17H18FN3/c1-2-12-13-9-21(10-14(12)13)17-15(18)8-19-16(20-17)11-6-4-3-5-7-11/h3-8,12-14H,2,9-10H2,1H3/t12-,13-,14+. The summed E-state index contributed by atoms with van der Waals surface area (Å²) < 4.78 is 14.1. The van der Waals surface area contributed by atoms with E-state index in [0.29, 0.717) is 11.6 Å². The van der Waals surface area contributed by atoms with Gasteiger partial charge in [-0.3, -0.25) is 0 Å². The summed E-state index contributed by atoms with van der Waals surface area (Å²) in [6.45, 7) is 4.11.